The van der Waals surface area contributed by atoms with Crippen LogP contribution in [0, 0.1) is 5.92 Å². The first-order chi connectivity index (χ1) is 12.6. The highest BCUT2D eigenvalue weighted by Crippen LogP contribution is 2.23. The Labute approximate surface area is 155 Å². The van der Waals surface area contributed by atoms with E-state index in [1.54, 1.807) is 6.20 Å². The lowest BCUT2D eigenvalue weighted by molar-refractivity contribution is 0.0920. The summed E-state index contributed by atoms with van der Waals surface area (Å²) in [4.78, 5) is 12.7. The number of nitrogens with zero attached hydrogens (tertiary/aromatic N) is 3. The van der Waals surface area contributed by atoms with Gasteiger partial charge in [0, 0.05) is 0 Å². The summed E-state index contributed by atoms with van der Waals surface area (Å²) in [6.07, 6.45) is 4.83. The lowest BCUT2D eigenvalue weighted by atomic mass is 9.94. The molecule has 1 aliphatic rings. The van der Waals surface area contributed by atoms with Crippen molar-refractivity contribution in [3.8, 4) is 0 Å². The third-order valence-corrected chi connectivity index (χ3v) is 5.13. The highest BCUT2D eigenvalue weighted by atomic mass is 16.2. The maximum absolute atomic E-state index is 12.7. The molecular weight excluding hydrogens is 326 g/mol. The molecule has 3 rings (SSSR count). The number of aryl methyl sites for hydroxylation is 1. The van der Waals surface area contributed by atoms with E-state index >= 15 is 0 Å². The smallest absolute Gasteiger partial charge is 0.273 e. The van der Waals surface area contributed by atoms with Crippen molar-refractivity contribution in [2.24, 2.45) is 5.92 Å². The number of amides is 1. The van der Waals surface area contributed by atoms with E-state index in [9.17, 15) is 4.79 Å². The van der Waals surface area contributed by atoms with Crippen LogP contribution < -0.4 is 10.6 Å². The molecule has 0 radical (unpaired) electrons. The number of rotatable bonds is 6. The van der Waals surface area contributed by atoms with Gasteiger partial charge in [0.05, 0.1) is 18.3 Å². The standard InChI is InChI=1S/C20H29N5O/c1-4-15-5-7-16(8-6-15)19(14(2)3)22-20(26)18-13-25(24-23-18)17-9-11-21-12-10-17/h5-8,13-14,17,19,21H,4,9-12H2,1-3H3,(H,22,26). The Bertz CT molecular complexity index is 716. The Kier molecular flexibility index (Phi) is 6.04. The zero-order valence-electron chi connectivity index (χ0n) is 15.9. The number of benzene rings is 1. The fraction of sp³-hybridized carbons (Fsp3) is 0.550. The van der Waals surface area contributed by atoms with E-state index in [4.69, 9.17) is 0 Å². The maximum Gasteiger partial charge on any atom is 0.273 e. The Morgan fingerprint density at radius 2 is 1.96 bits per heavy atom. The molecule has 0 spiro atoms. The molecule has 1 aromatic carbocycles. The zero-order chi connectivity index (χ0) is 18.5. The van der Waals surface area contributed by atoms with Crippen molar-refractivity contribution < 1.29 is 4.79 Å². The molecule has 2 N–H and O–H groups in total. The molecule has 1 aliphatic heterocycles. The van der Waals surface area contributed by atoms with Crippen molar-refractivity contribution in [2.45, 2.75) is 52.1 Å². The molecule has 2 aromatic rings. The van der Waals surface area contributed by atoms with Gasteiger partial charge in [-0.05, 0) is 49.4 Å². The summed E-state index contributed by atoms with van der Waals surface area (Å²) in [7, 11) is 0. The largest absolute Gasteiger partial charge is 0.344 e. The van der Waals surface area contributed by atoms with Crippen molar-refractivity contribution in [3.63, 3.8) is 0 Å². The molecular formula is C20H29N5O. The second-order valence-corrected chi connectivity index (χ2v) is 7.36. The summed E-state index contributed by atoms with van der Waals surface area (Å²) in [5.74, 6) is 0.120. The molecule has 0 saturated carbocycles. The van der Waals surface area contributed by atoms with Gasteiger partial charge in [-0.1, -0.05) is 50.3 Å². The van der Waals surface area contributed by atoms with E-state index in [1.807, 2.05) is 4.68 Å². The Balaban J connectivity index is 1.70. The van der Waals surface area contributed by atoms with Gasteiger partial charge in [0.1, 0.15) is 0 Å². The molecule has 1 amide bonds. The molecule has 0 bridgehead atoms. The molecule has 2 heterocycles. The van der Waals surface area contributed by atoms with Crippen LogP contribution in [0.25, 0.3) is 0 Å². The van der Waals surface area contributed by atoms with Crippen LogP contribution in [0.15, 0.2) is 30.5 Å². The summed E-state index contributed by atoms with van der Waals surface area (Å²) < 4.78 is 1.84. The van der Waals surface area contributed by atoms with Crippen LogP contribution in [0.3, 0.4) is 0 Å². The number of carbonyl (C=O) groups excluding carboxylic acids is 1. The minimum absolute atomic E-state index is 0.0440. The minimum Gasteiger partial charge on any atom is -0.344 e. The quantitative estimate of drug-likeness (QED) is 0.836. The first-order valence-corrected chi connectivity index (χ1v) is 9.60. The summed E-state index contributed by atoms with van der Waals surface area (Å²) in [6, 6.07) is 8.75. The van der Waals surface area contributed by atoms with Gasteiger partial charge in [-0.15, -0.1) is 5.10 Å². The number of carbonyl (C=O) groups is 1. The van der Waals surface area contributed by atoms with Crippen LogP contribution in [-0.4, -0.2) is 34.0 Å². The molecule has 1 fully saturated rings. The first kappa shape index (κ1) is 18.6. The fourth-order valence-electron chi connectivity index (χ4n) is 3.44. The predicted octanol–water partition coefficient (Wildman–Crippen LogP) is 2.89. The highest BCUT2D eigenvalue weighted by Gasteiger charge is 2.22. The summed E-state index contributed by atoms with van der Waals surface area (Å²) >= 11 is 0. The number of piperidine rings is 1. The topological polar surface area (TPSA) is 71.8 Å². The monoisotopic (exact) mass is 355 g/mol. The molecule has 1 unspecified atom stereocenters. The fourth-order valence-corrected chi connectivity index (χ4v) is 3.44. The number of nitrogens with one attached hydrogen (secondary N) is 2. The highest BCUT2D eigenvalue weighted by molar-refractivity contribution is 5.92. The first-order valence-electron chi connectivity index (χ1n) is 9.60. The van der Waals surface area contributed by atoms with E-state index in [0.29, 0.717) is 11.7 Å². The summed E-state index contributed by atoms with van der Waals surface area (Å²) in [5, 5.41) is 14.8. The van der Waals surface area contributed by atoms with Crippen molar-refractivity contribution in [1.29, 1.82) is 0 Å². The van der Waals surface area contributed by atoms with E-state index in [-0.39, 0.29) is 17.9 Å². The lowest BCUT2D eigenvalue weighted by Gasteiger charge is -2.23. The number of hydrogen-bond donors (Lipinski definition) is 2. The molecule has 0 aliphatic carbocycles. The van der Waals surface area contributed by atoms with Gasteiger partial charge in [0.2, 0.25) is 0 Å². The van der Waals surface area contributed by atoms with Gasteiger partial charge in [0.15, 0.2) is 5.69 Å². The van der Waals surface area contributed by atoms with Crippen molar-refractivity contribution >= 4 is 5.91 Å². The summed E-state index contributed by atoms with van der Waals surface area (Å²) in [6.45, 7) is 8.34. The van der Waals surface area contributed by atoms with E-state index in [2.05, 4.69) is 66.0 Å². The Morgan fingerprint density at radius 1 is 1.27 bits per heavy atom. The van der Waals surface area contributed by atoms with E-state index in [1.165, 1.54) is 5.56 Å². The van der Waals surface area contributed by atoms with Gasteiger partial charge in [0.25, 0.3) is 5.91 Å². The normalized spacial score (nSPS) is 16.6. The maximum atomic E-state index is 12.7. The van der Waals surface area contributed by atoms with Gasteiger partial charge >= 0.3 is 0 Å². The van der Waals surface area contributed by atoms with Gasteiger partial charge < -0.3 is 10.6 Å². The van der Waals surface area contributed by atoms with Crippen LogP contribution in [0.4, 0.5) is 0 Å². The third-order valence-electron chi connectivity index (χ3n) is 5.13. The molecule has 1 atom stereocenters. The van der Waals surface area contributed by atoms with Crippen molar-refractivity contribution in [1.82, 2.24) is 25.6 Å². The zero-order valence-corrected chi connectivity index (χ0v) is 15.9. The van der Waals surface area contributed by atoms with Crippen LogP contribution >= 0.6 is 0 Å². The third kappa shape index (κ3) is 4.30. The van der Waals surface area contributed by atoms with Gasteiger partial charge in [-0.2, -0.15) is 0 Å². The lowest BCUT2D eigenvalue weighted by Crippen LogP contribution is -2.32. The SMILES string of the molecule is CCc1ccc(C(NC(=O)c2cn(C3CCNCC3)nn2)C(C)C)cc1. The number of aromatic nitrogens is 3. The van der Waals surface area contributed by atoms with Crippen LogP contribution in [0.2, 0.25) is 0 Å². The molecule has 6 nitrogen and oxygen atoms in total. The van der Waals surface area contributed by atoms with Crippen LogP contribution in [0.5, 0.6) is 0 Å². The average molecular weight is 355 g/mol. The molecule has 6 heteroatoms. The average Bonchev–Trinajstić information content (AvgIpc) is 3.17. The molecule has 26 heavy (non-hydrogen) atoms. The Morgan fingerprint density at radius 3 is 2.58 bits per heavy atom. The predicted molar refractivity (Wildman–Crippen MR) is 102 cm³/mol. The van der Waals surface area contributed by atoms with Crippen molar-refractivity contribution in [2.75, 3.05) is 13.1 Å². The van der Waals surface area contributed by atoms with E-state index < -0.39 is 0 Å². The number of hydrogen-bond acceptors (Lipinski definition) is 4. The van der Waals surface area contributed by atoms with Crippen LogP contribution in [0.1, 0.15) is 67.3 Å². The molecule has 1 aromatic heterocycles. The molecule has 140 valence electrons. The summed E-state index contributed by atoms with van der Waals surface area (Å²) in [5.41, 5.74) is 2.81. The van der Waals surface area contributed by atoms with E-state index in [0.717, 1.165) is 37.9 Å². The molecule has 1 saturated heterocycles. The Hall–Kier alpha value is -2.21. The minimum atomic E-state index is -0.163. The second kappa shape index (κ2) is 8.45. The second-order valence-electron chi connectivity index (χ2n) is 7.36. The van der Waals surface area contributed by atoms with Gasteiger partial charge in [-0.25, -0.2) is 4.68 Å². The van der Waals surface area contributed by atoms with Crippen molar-refractivity contribution in [3.05, 3.63) is 47.3 Å². The van der Waals surface area contributed by atoms with Gasteiger partial charge in [-0.3, -0.25) is 4.79 Å². The van der Waals surface area contributed by atoms with Crippen LogP contribution in [-0.2, 0) is 6.42 Å².